The average Bonchev–Trinajstić information content (AvgIpc) is 3.45. The SMILES string of the molecule is CNC(=O)C1(Cc2ccccc2-c2cccs2)CCN(C(=O)Cc2cccc(F)c2)C1. The van der Waals surface area contributed by atoms with Gasteiger partial charge in [-0.25, -0.2) is 4.39 Å². The summed E-state index contributed by atoms with van der Waals surface area (Å²) in [6.07, 6.45) is 1.29. The molecule has 1 saturated heterocycles. The summed E-state index contributed by atoms with van der Waals surface area (Å²) in [7, 11) is 1.65. The summed E-state index contributed by atoms with van der Waals surface area (Å²) in [5.74, 6) is -0.478. The Bertz CT molecular complexity index is 1080. The zero-order valence-electron chi connectivity index (χ0n) is 17.4. The van der Waals surface area contributed by atoms with Crippen molar-refractivity contribution >= 4 is 23.2 Å². The highest BCUT2D eigenvalue weighted by molar-refractivity contribution is 7.13. The third kappa shape index (κ3) is 4.54. The molecule has 0 radical (unpaired) electrons. The molecule has 2 aromatic carbocycles. The molecule has 1 aliphatic heterocycles. The van der Waals surface area contributed by atoms with Crippen molar-refractivity contribution in [3.05, 3.63) is 83.0 Å². The molecule has 0 aliphatic carbocycles. The van der Waals surface area contributed by atoms with Crippen LogP contribution in [0.1, 0.15) is 17.5 Å². The fourth-order valence-electron chi connectivity index (χ4n) is 4.40. The van der Waals surface area contributed by atoms with E-state index in [-0.39, 0.29) is 24.1 Å². The summed E-state index contributed by atoms with van der Waals surface area (Å²) in [4.78, 5) is 28.8. The topological polar surface area (TPSA) is 49.4 Å². The first-order chi connectivity index (χ1) is 15.0. The van der Waals surface area contributed by atoms with Crippen molar-refractivity contribution in [2.24, 2.45) is 5.41 Å². The van der Waals surface area contributed by atoms with E-state index in [1.54, 1.807) is 35.4 Å². The summed E-state index contributed by atoms with van der Waals surface area (Å²) < 4.78 is 13.5. The van der Waals surface area contributed by atoms with E-state index in [4.69, 9.17) is 0 Å². The molecule has 0 saturated carbocycles. The highest BCUT2D eigenvalue weighted by Gasteiger charge is 2.45. The number of likely N-dealkylation sites (tertiary alicyclic amines) is 1. The molecule has 1 aromatic heterocycles. The molecule has 1 N–H and O–H groups in total. The first-order valence-corrected chi connectivity index (χ1v) is 11.2. The van der Waals surface area contributed by atoms with Crippen molar-refractivity contribution < 1.29 is 14.0 Å². The molecule has 2 heterocycles. The Balaban J connectivity index is 1.56. The number of amides is 2. The van der Waals surface area contributed by atoms with Gasteiger partial charge in [-0.15, -0.1) is 11.3 Å². The largest absolute Gasteiger partial charge is 0.359 e. The van der Waals surface area contributed by atoms with E-state index in [9.17, 15) is 14.0 Å². The molecule has 1 unspecified atom stereocenters. The normalized spacial score (nSPS) is 18.2. The number of hydrogen-bond acceptors (Lipinski definition) is 3. The van der Waals surface area contributed by atoms with Crippen LogP contribution in [0.4, 0.5) is 4.39 Å². The molecular formula is C25H25FN2O2S. The van der Waals surface area contributed by atoms with Crippen LogP contribution in [0.15, 0.2) is 66.0 Å². The number of benzene rings is 2. The van der Waals surface area contributed by atoms with E-state index in [2.05, 4.69) is 23.5 Å². The molecule has 6 heteroatoms. The maximum atomic E-state index is 13.5. The van der Waals surface area contributed by atoms with Gasteiger partial charge >= 0.3 is 0 Å². The summed E-state index contributed by atoms with van der Waals surface area (Å²) >= 11 is 1.67. The van der Waals surface area contributed by atoms with Gasteiger partial charge in [0.25, 0.3) is 0 Å². The Morgan fingerprint density at radius 3 is 2.71 bits per heavy atom. The Morgan fingerprint density at radius 2 is 1.97 bits per heavy atom. The highest BCUT2D eigenvalue weighted by atomic mass is 32.1. The second-order valence-corrected chi connectivity index (χ2v) is 8.99. The Morgan fingerprint density at radius 1 is 1.13 bits per heavy atom. The van der Waals surface area contributed by atoms with Crippen molar-refractivity contribution in [3.8, 4) is 10.4 Å². The number of rotatable bonds is 6. The average molecular weight is 437 g/mol. The molecule has 2 amide bonds. The maximum absolute atomic E-state index is 13.5. The Kier molecular flexibility index (Phi) is 6.18. The van der Waals surface area contributed by atoms with Crippen molar-refractivity contribution in [2.75, 3.05) is 20.1 Å². The standard InChI is InChI=1S/C25H25FN2O2S/c1-27-24(30)25(16-19-7-2-3-9-21(19)22-10-5-13-31-22)11-12-28(17-25)23(29)15-18-6-4-8-20(26)14-18/h2-10,13-14H,11-12,15-17H2,1H3,(H,27,30). The second kappa shape index (κ2) is 9.02. The van der Waals surface area contributed by atoms with E-state index in [1.165, 1.54) is 17.0 Å². The molecule has 4 nitrogen and oxygen atoms in total. The van der Waals surface area contributed by atoms with Crippen LogP contribution in [0.2, 0.25) is 0 Å². The lowest BCUT2D eigenvalue weighted by Crippen LogP contribution is -2.44. The molecule has 0 bridgehead atoms. The molecular weight excluding hydrogens is 411 g/mol. The van der Waals surface area contributed by atoms with Crippen molar-refractivity contribution in [2.45, 2.75) is 19.3 Å². The van der Waals surface area contributed by atoms with Crippen LogP contribution in [0.3, 0.4) is 0 Å². The lowest BCUT2D eigenvalue weighted by atomic mass is 9.78. The van der Waals surface area contributed by atoms with Gasteiger partial charge in [-0.05, 0) is 53.1 Å². The zero-order valence-corrected chi connectivity index (χ0v) is 18.3. The number of nitrogens with one attached hydrogen (secondary N) is 1. The van der Waals surface area contributed by atoms with Crippen LogP contribution in [-0.2, 0) is 22.4 Å². The van der Waals surface area contributed by atoms with E-state index >= 15 is 0 Å². The van der Waals surface area contributed by atoms with Crippen LogP contribution in [0, 0.1) is 11.2 Å². The minimum Gasteiger partial charge on any atom is -0.359 e. The van der Waals surface area contributed by atoms with Gasteiger partial charge in [0.15, 0.2) is 0 Å². The number of hydrogen-bond donors (Lipinski definition) is 1. The van der Waals surface area contributed by atoms with Crippen LogP contribution in [0.25, 0.3) is 10.4 Å². The molecule has 31 heavy (non-hydrogen) atoms. The lowest BCUT2D eigenvalue weighted by Gasteiger charge is -2.28. The first kappa shape index (κ1) is 21.2. The van der Waals surface area contributed by atoms with Gasteiger partial charge in [0.2, 0.25) is 11.8 Å². The van der Waals surface area contributed by atoms with Crippen LogP contribution in [0.5, 0.6) is 0 Å². The minimum atomic E-state index is -0.681. The monoisotopic (exact) mass is 436 g/mol. The first-order valence-electron chi connectivity index (χ1n) is 10.4. The summed E-state index contributed by atoms with van der Waals surface area (Å²) in [5, 5.41) is 4.86. The van der Waals surface area contributed by atoms with Gasteiger partial charge in [0, 0.05) is 25.0 Å². The molecule has 160 valence electrons. The quantitative estimate of drug-likeness (QED) is 0.626. The van der Waals surface area contributed by atoms with Gasteiger partial charge < -0.3 is 10.2 Å². The third-order valence-corrected chi connectivity index (χ3v) is 6.90. The smallest absolute Gasteiger partial charge is 0.228 e. The van der Waals surface area contributed by atoms with E-state index in [0.717, 1.165) is 11.1 Å². The third-order valence-electron chi connectivity index (χ3n) is 5.99. The van der Waals surface area contributed by atoms with Crippen LogP contribution >= 0.6 is 11.3 Å². The van der Waals surface area contributed by atoms with Crippen molar-refractivity contribution in [3.63, 3.8) is 0 Å². The minimum absolute atomic E-state index is 0.0467. The lowest BCUT2D eigenvalue weighted by molar-refractivity contribution is -0.132. The van der Waals surface area contributed by atoms with Gasteiger partial charge in [-0.1, -0.05) is 42.5 Å². The van der Waals surface area contributed by atoms with E-state index < -0.39 is 5.41 Å². The predicted octanol–water partition coefficient (Wildman–Crippen LogP) is 4.30. The van der Waals surface area contributed by atoms with Crippen LogP contribution < -0.4 is 5.32 Å². The molecule has 0 spiro atoms. The maximum Gasteiger partial charge on any atom is 0.228 e. The molecule has 3 aromatic rings. The van der Waals surface area contributed by atoms with Crippen molar-refractivity contribution in [1.82, 2.24) is 10.2 Å². The predicted molar refractivity (Wildman–Crippen MR) is 121 cm³/mol. The number of thiophene rings is 1. The number of carbonyl (C=O) groups excluding carboxylic acids is 2. The number of halogens is 1. The summed E-state index contributed by atoms with van der Waals surface area (Å²) in [6.45, 7) is 0.877. The molecule has 1 fully saturated rings. The molecule has 1 aliphatic rings. The van der Waals surface area contributed by atoms with Crippen LogP contribution in [-0.4, -0.2) is 36.9 Å². The fourth-order valence-corrected chi connectivity index (χ4v) is 5.19. The zero-order chi connectivity index (χ0) is 21.8. The summed E-state index contributed by atoms with van der Waals surface area (Å²) in [6, 6.07) is 18.4. The van der Waals surface area contributed by atoms with Gasteiger partial charge in [-0.2, -0.15) is 0 Å². The number of carbonyl (C=O) groups is 2. The van der Waals surface area contributed by atoms with E-state index in [1.807, 2.05) is 23.6 Å². The Labute approximate surface area is 185 Å². The second-order valence-electron chi connectivity index (χ2n) is 8.04. The number of nitrogens with zero attached hydrogens (tertiary/aromatic N) is 1. The highest BCUT2D eigenvalue weighted by Crippen LogP contribution is 2.38. The van der Waals surface area contributed by atoms with Gasteiger partial charge in [0.1, 0.15) is 5.82 Å². The van der Waals surface area contributed by atoms with Gasteiger partial charge in [0.05, 0.1) is 11.8 Å². The molecule has 4 rings (SSSR count). The summed E-state index contributed by atoms with van der Waals surface area (Å²) in [5.41, 5.74) is 2.20. The Hall–Kier alpha value is -2.99. The van der Waals surface area contributed by atoms with E-state index in [0.29, 0.717) is 31.5 Å². The van der Waals surface area contributed by atoms with Gasteiger partial charge in [-0.3, -0.25) is 9.59 Å². The molecule has 1 atom stereocenters. The fraction of sp³-hybridized carbons (Fsp3) is 0.280. The van der Waals surface area contributed by atoms with Crippen molar-refractivity contribution in [1.29, 1.82) is 0 Å².